The normalized spacial score (nSPS) is 15.7. The van der Waals surface area contributed by atoms with Crippen LogP contribution in [-0.2, 0) is 9.53 Å². The van der Waals surface area contributed by atoms with Crippen LogP contribution in [0.25, 0.3) is 0 Å². The molecule has 0 spiro atoms. The number of methoxy groups -OCH3 is 1. The molecule has 1 amide bonds. The summed E-state index contributed by atoms with van der Waals surface area (Å²) in [6.07, 6.45) is 5.11. The molecular weight excluding hydrogens is 282 g/mol. The first kappa shape index (κ1) is 16.2. The summed E-state index contributed by atoms with van der Waals surface area (Å²) >= 11 is 0. The number of hydrazone groups is 1. The lowest BCUT2D eigenvalue weighted by molar-refractivity contribution is -0.122. The Morgan fingerprint density at radius 3 is 2.55 bits per heavy atom. The summed E-state index contributed by atoms with van der Waals surface area (Å²) in [5.74, 6) is -0.484. The minimum absolute atomic E-state index is 0.107. The minimum atomic E-state index is -0.377. The van der Waals surface area contributed by atoms with Gasteiger partial charge < -0.3 is 4.74 Å². The van der Waals surface area contributed by atoms with Gasteiger partial charge in [0.15, 0.2) is 0 Å². The third kappa shape index (κ3) is 4.96. The molecule has 6 nitrogen and oxygen atoms in total. The van der Waals surface area contributed by atoms with E-state index in [0.29, 0.717) is 12.1 Å². The number of hydrogen-bond donors (Lipinski definition) is 1. The standard InChI is InChI=1S/C16H21N3O3/c1-22-16(21)14-7-5-13(6-8-14)11-17-18-15(20)12-19-9-3-2-4-10-19/h5-8,11H,2-4,9-10,12H2,1H3,(H,18,20)/b17-11-. The van der Waals surface area contributed by atoms with E-state index < -0.39 is 0 Å². The van der Waals surface area contributed by atoms with Crippen molar-refractivity contribution in [3.05, 3.63) is 35.4 Å². The van der Waals surface area contributed by atoms with Gasteiger partial charge in [-0.25, -0.2) is 10.2 Å². The molecule has 1 aliphatic heterocycles. The van der Waals surface area contributed by atoms with Crippen LogP contribution in [0.15, 0.2) is 29.4 Å². The average Bonchev–Trinajstić information content (AvgIpc) is 2.55. The van der Waals surface area contributed by atoms with Crippen LogP contribution in [0.1, 0.15) is 35.2 Å². The van der Waals surface area contributed by atoms with E-state index in [4.69, 9.17) is 0 Å². The van der Waals surface area contributed by atoms with Crippen molar-refractivity contribution in [1.29, 1.82) is 0 Å². The van der Waals surface area contributed by atoms with Crippen molar-refractivity contribution in [1.82, 2.24) is 10.3 Å². The lowest BCUT2D eigenvalue weighted by atomic mass is 10.1. The van der Waals surface area contributed by atoms with Crippen molar-refractivity contribution in [2.24, 2.45) is 5.10 Å². The number of amides is 1. The van der Waals surface area contributed by atoms with Crippen molar-refractivity contribution >= 4 is 18.1 Å². The van der Waals surface area contributed by atoms with Crippen LogP contribution in [0.3, 0.4) is 0 Å². The quantitative estimate of drug-likeness (QED) is 0.507. The molecular formula is C16H21N3O3. The highest BCUT2D eigenvalue weighted by atomic mass is 16.5. The second kappa shape index (κ2) is 8.29. The highest BCUT2D eigenvalue weighted by Crippen LogP contribution is 2.07. The third-order valence-electron chi connectivity index (χ3n) is 3.55. The molecule has 0 radical (unpaired) electrons. The van der Waals surface area contributed by atoms with Crippen LogP contribution >= 0.6 is 0 Å². The summed E-state index contributed by atoms with van der Waals surface area (Å²) < 4.78 is 4.63. The summed E-state index contributed by atoms with van der Waals surface area (Å²) in [4.78, 5) is 25.2. The predicted octanol–water partition coefficient (Wildman–Crippen LogP) is 1.41. The van der Waals surface area contributed by atoms with Gasteiger partial charge >= 0.3 is 5.97 Å². The lowest BCUT2D eigenvalue weighted by Gasteiger charge is -2.25. The fraction of sp³-hybridized carbons (Fsp3) is 0.438. The van der Waals surface area contributed by atoms with Gasteiger partial charge in [0, 0.05) is 0 Å². The maximum Gasteiger partial charge on any atom is 0.337 e. The van der Waals surface area contributed by atoms with Crippen LogP contribution in [0, 0.1) is 0 Å². The van der Waals surface area contributed by atoms with Crippen LogP contribution in [0.2, 0.25) is 0 Å². The number of nitrogens with one attached hydrogen (secondary N) is 1. The van der Waals surface area contributed by atoms with Gasteiger partial charge in [0.2, 0.25) is 0 Å². The minimum Gasteiger partial charge on any atom is -0.465 e. The van der Waals surface area contributed by atoms with E-state index in [9.17, 15) is 9.59 Å². The van der Waals surface area contributed by atoms with Crippen molar-refractivity contribution in [3.8, 4) is 0 Å². The Bertz CT molecular complexity index is 534. The second-order valence-corrected chi connectivity index (χ2v) is 5.24. The zero-order valence-electron chi connectivity index (χ0n) is 12.7. The summed E-state index contributed by atoms with van der Waals surface area (Å²) in [5, 5.41) is 3.93. The molecule has 1 aromatic carbocycles. The largest absolute Gasteiger partial charge is 0.465 e. The highest BCUT2D eigenvalue weighted by Gasteiger charge is 2.13. The number of carbonyl (C=O) groups excluding carboxylic acids is 2. The van der Waals surface area contributed by atoms with E-state index in [0.717, 1.165) is 31.5 Å². The fourth-order valence-corrected chi connectivity index (χ4v) is 2.36. The zero-order chi connectivity index (χ0) is 15.8. The van der Waals surface area contributed by atoms with Gasteiger partial charge in [0.25, 0.3) is 5.91 Å². The second-order valence-electron chi connectivity index (χ2n) is 5.24. The van der Waals surface area contributed by atoms with Crippen LogP contribution in [0.5, 0.6) is 0 Å². The van der Waals surface area contributed by atoms with Gasteiger partial charge in [0.1, 0.15) is 0 Å². The average molecular weight is 303 g/mol. The Labute approximate surface area is 130 Å². The van der Waals surface area contributed by atoms with Gasteiger partial charge in [-0.15, -0.1) is 0 Å². The highest BCUT2D eigenvalue weighted by molar-refractivity contribution is 5.90. The molecule has 6 heteroatoms. The first-order valence-electron chi connectivity index (χ1n) is 7.41. The fourth-order valence-electron chi connectivity index (χ4n) is 2.36. The van der Waals surface area contributed by atoms with Crippen molar-refractivity contribution < 1.29 is 14.3 Å². The molecule has 1 aliphatic rings. The Hall–Kier alpha value is -2.21. The van der Waals surface area contributed by atoms with Crippen molar-refractivity contribution in [2.75, 3.05) is 26.7 Å². The molecule has 1 aromatic rings. The number of esters is 1. The maximum absolute atomic E-state index is 11.8. The predicted molar refractivity (Wildman–Crippen MR) is 83.8 cm³/mol. The van der Waals surface area contributed by atoms with E-state index in [2.05, 4.69) is 20.2 Å². The number of carbonyl (C=O) groups is 2. The van der Waals surface area contributed by atoms with E-state index in [1.807, 2.05) is 0 Å². The number of likely N-dealkylation sites (tertiary alicyclic amines) is 1. The maximum atomic E-state index is 11.8. The van der Waals surface area contributed by atoms with Gasteiger partial charge in [-0.3, -0.25) is 9.69 Å². The van der Waals surface area contributed by atoms with Crippen molar-refractivity contribution in [3.63, 3.8) is 0 Å². The first-order valence-corrected chi connectivity index (χ1v) is 7.41. The van der Waals surface area contributed by atoms with E-state index in [1.54, 1.807) is 30.5 Å². The van der Waals surface area contributed by atoms with E-state index in [1.165, 1.54) is 13.5 Å². The van der Waals surface area contributed by atoms with Crippen LogP contribution < -0.4 is 5.43 Å². The van der Waals surface area contributed by atoms with Gasteiger partial charge in [-0.1, -0.05) is 18.6 Å². The summed E-state index contributed by atoms with van der Waals surface area (Å²) in [7, 11) is 1.34. The zero-order valence-corrected chi connectivity index (χ0v) is 12.7. The molecule has 22 heavy (non-hydrogen) atoms. The molecule has 0 bridgehead atoms. The molecule has 1 N–H and O–H groups in total. The first-order chi connectivity index (χ1) is 10.7. The molecule has 0 aromatic heterocycles. The van der Waals surface area contributed by atoms with E-state index >= 15 is 0 Å². The lowest BCUT2D eigenvalue weighted by Crippen LogP contribution is -2.38. The topological polar surface area (TPSA) is 71.0 Å². The molecule has 0 saturated carbocycles. The van der Waals surface area contributed by atoms with Gasteiger partial charge in [0.05, 0.1) is 25.4 Å². The Balaban J connectivity index is 1.78. The SMILES string of the molecule is COC(=O)c1ccc(/C=N\NC(=O)CN2CCCCC2)cc1. The van der Waals surface area contributed by atoms with Crippen LogP contribution in [-0.4, -0.2) is 49.7 Å². The Morgan fingerprint density at radius 1 is 1.23 bits per heavy atom. The number of nitrogens with zero attached hydrogens (tertiary/aromatic N) is 2. The molecule has 0 unspecified atom stereocenters. The molecule has 1 fully saturated rings. The monoisotopic (exact) mass is 303 g/mol. The van der Waals surface area contributed by atoms with Crippen molar-refractivity contribution in [2.45, 2.75) is 19.3 Å². The van der Waals surface area contributed by atoms with Crippen LogP contribution in [0.4, 0.5) is 0 Å². The summed E-state index contributed by atoms with van der Waals surface area (Å²) in [6, 6.07) is 6.80. The number of ether oxygens (including phenoxy) is 1. The van der Waals surface area contributed by atoms with Gasteiger partial charge in [-0.2, -0.15) is 5.10 Å². The number of piperidine rings is 1. The molecule has 0 aliphatic carbocycles. The number of hydrogen-bond acceptors (Lipinski definition) is 5. The van der Waals surface area contributed by atoms with E-state index in [-0.39, 0.29) is 11.9 Å². The summed E-state index contributed by atoms with van der Waals surface area (Å²) in [5.41, 5.74) is 3.80. The molecule has 1 saturated heterocycles. The Morgan fingerprint density at radius 2 is 1.91 bits per heavy atom. The van der Waals surface area contributed by atoms with Gasteiger partial charge in [-0.05, 0) is 43.6 Å². The number of benzene rings is 1. The molecule has 2 rings (SSSR count). The summed E-state index contributed by atoms with van der Waals surface area (Å²) in [6.45, 7) is 2.34. The Kier molecular flexibility index (Phi) is 6.09. The number of rotatable bonds is 5. The molecule has 1 heterocycles. The third-order valence-corrected chi connectivity index (χ3v) is 3.55. The smallest absolute Gasteiger partial charge is 0.337 e. The molecule has 118 valence electrons. The molecule has 0 atom stereocenters.